The fraction of sp³-hybridized carbons (Fsp3) is 0.462. The Morgan fingerprint density at radius 3 is 2.70 bits per heavy atom. The Kier molecular flexibility index (Phi) is 6.08. The maximum atomic E-state index is 13.2. The van der Waals surface area contributed by atoms with Crippen LogP contribution in [0.15, 0.2) is 42.7 Å². The van der Waals surface area contributed by atoms with Gasteiger partial charge in [0, 0.05) is 25.7 Å². The third kappa shape index (κ3) is 4.48. The molecule has 2 unspecified atom stereocenters. The number of aryl methyl sites for hydroxylation is 2. The summed E-state index contributed by atoms with van der Waals surface area (Å²) in [6.07, 6.45) is 4.76. The zero-order chi connectivity index (χ0) is 22.9. The lowest BCUT2D eigenvalue weighted by Crippen LogP contribution is -2.48. The molecule has 0 saturated carbocycles. The first-order valence-electron chi connectivity index (χ1n) is 11.9. The van der Waals surface area contributed by atoms with Crippen molar-refractivity contribution >= 4 is 16.9 Å². The Morgan fingerprint density at radius 1 is 1.12 bits per heavy atom. The van der Waals surface area contributed by atoms with Crippen LogP contribution in [0.1, 0.15) is 42.0 Å². The van der Waals surface area contributed by atoms with Crippen LogP contribution in [0.3, 0.4) is 0 Å². The Balaban J connectivity index is 1.16. The second-order valence-corrected chi connectivity index (χ2v) is 9.50. The lowest BCUT2D eigenvalue weighted by atomic mass is 9.95. The van der Waals surface area contributed by atoms with Crippen LogP contribution >= 0.6 is 0 Å². The maximum Gasteiger partial charge on any atom is 0.241 e. The van der Waals surface area contributed by atoms with Crippen LogP contribution in [0.25, 0.3) is 11.0 Å². The summed E-state index contributed by atoms with van der Waals surface area (Å²) in [5, 5.41) is 0. The van der Waals surface area contributed by atoms with Gasteiger partial charge in [-0.2, -0.15) is 0 Å². The van der Waals surface area contributed by atoms with Gasteiger partial charge in [-0.25, -0.2) is 15.8 Å². The fourth-order valence-electron chi connectivity index (χ4n) is 5.09. The molecule has 2 fully saturated rings. The van der Waals surface area contributed by atoms with Crippen LogP contribution in [-0.4, -0.2) is 46.6 Å². The quantitative estimate of drug-likeness (QED) is 0.626. The summed E-state index contributed by atoms with van der Waals surface area (Å²) >= 11 is 0. The van der Waals surface area contributed by atoms with Gasteiger partial charge in [-0.15, -0.1) is 0 Å². The molecule has 0 radical (unpaired) electrons. The van der Waals surface area contributed by atoms with Crippen molar-refractivity contribution in [1.82, 2.24) is 25.3 Å². The molecule has 2 N–H and O–H groups in total. The molecule has 33 heavy (non-hydrogen) atoms. The van der Waals surface area contributed by atoms with Crippen LogP contribution in [0.5, 0.6) is 5.75 Å². The molecule has 7 nitrogen and oxygen atoms in total. The lowest BCUT2D eigenvalue weighted by Gasteiger charge is -2.33. The maximum absolute atomic E-state index is 13.2. The van der Waals surface area contributed by atoms with Crippen LogP contribution in [0.2, 0.25) is 0 Å². The molecule has 5 rings (SSSR count). The highest BCUT2D eigenvalue weighted by atomic mass is 16.5. The summed E-state index contributed by atoms with van der Waals surface area (Å²) in [7, 11) is 1.67. The van der Waals surface area contributed by atoms with E-state index in [1.54, 1.807) is 7.11 Å². The van der Waals surface area contributed by atoms with E-state index in [-0.39, 0.29) is 18.0 Å². The van der Waals surface area contributed by atoms with Crippen molar-refractivity contribution in [3.05, 3.63) is 59.4 Å². The molecule has 7 heteroatoms. The summed E-state index contributed by atoms with van der Waals surface area (Å²) in [6.45, 7) is 6.88. The first-order valence-corrected chi connectivity index (χ1v) is 11.9. The van der Waals surface area contributed by atoms with Crippen molar-refractivity contribution in [3.63, 3.8) is 0 Å². The number of nitrogens with one attached hydrogen (secondary N) is 2. The number of nitrogens with zero attached hydrogens (tertiary/aromatic N) is 3. The Labute approximate surface area is 195 Å². The van der Waals surface area contributed by atoms with E-state index in [2.05, 4.69) is 52.4 Å². The first kappa shape index (κ1) is 21.9. The number of benzene rings is 2. The van der Waals surface area contributed by atoms with Crippen molar-refractivity contribution in [1.29, 1.82) is 0 Å². The molecule has 0 aliphatic carbocycles. The molecule has 2 atom stereocenters. The van der Waals surface area contributed by atoms with Gasteiger partial charge in [0.05, 0.1) is 24.5 Å². The first-order chi connectivity index (χ1) is 16.0. The normalized spacial score (nSPS) is 21.6. The standard InChI is InChI=1S/C26H33N5O2/c1-17-11-23-25(12-18(17)2)31(16-27-23)15-19-7-9-30(10-8-19)26(32)24-14-22(28-29-24)20-5-4-6-21(13-20)33-3/h4-6,11-13,16,19,22,24,28-29H,7-10,14-15H2,1-3H3. The molecule has 2 aliphatic rings. The van der Waals surface area contributed by atoms with Gasteiger partial charge in [0.15, 0.2) is 0 Å². The number of piperidine rings is 1. The van der Waals surface area contributed by atoms with Gasteiger partial charge in [0.25, 0.3) is 0 Å². The number of ether oxygens (including phenoxy) is 1. The molecule has 2 aliphatic heterocycles. The van der Waals surface area contributed by atoms with E-state index >= 15 is 0 Å². The van der Waals surface area contributed by atoms with Gasteiger partial charge in [0.2, 0.25) is 5.91 Å². The van der Waals surface area contributed by atoms with E-state index in [0.717, 1.165) is 55.7 Å². The number of likely N-dealkylation sites (tertiary alicyclic amines) is 1. The number of rotatable bonds is 5. The number of hydrogen-bond acceptors (Lipinski definition) is 5. The SMILES string of the molecule is COc1cccc(C2CC(C(=O)N3CCC(Cn4cnc5cc(C)c(C)cc54)CC3)NN2)c1. The van der Waals surface area contributed by atoms with Crippen molar-refractivity contribution in [2.75, 3.05) is 20.2 Å². The number of methoxy groups -OCH3 is 1. The van der Waals surface area contributed by atoms with Gasteiger partial charge in [-0.3, -0.25) is 4.79 Å². The van der Waals surface area contributed by atoms with E-state index in [4.69, 9.17) is 4.74 Å². The van der Waals surface area contributed by atoms with E-state index in [0.29, 0.717) is 5.92 Å². The molecule has 1 aromatic heterocycles. The molecule has 174 valence electrons. The van der Waals surface area contributed by atoms with Gasteiger partial charge in [-0.1, -0.05) is 12.1 Å². The Hall–Kier alpha value is -2.90. The van der Waals surface area contributed by atoms with Gasteiger partial charge in [-0.05, 0) is 80.0 Å². The minimum absolute atomic E-state index is 0.105. The second-order valence-electron chi connectivity index (χ2n) is 9.50. The number of carbonyl (C=O) groups excluding carboxylic acids is 1. The zero-order valence-corrected chi connectivity index (χ0v) is 19.7. The van der Waals surface area contributed by atoms with Gasteiger partial charge < -0.3 is 14.2 Å². The average molecular weight is 448 g/mol. The highest BCUT2D eigenvalue weighted by Gasteiger charge is 2.34. The molecule has 3 heterocycles. The van der Waals surface area contributed by atoms with Crippen LogP contribution in [0, 0.1) is 19.8 Å². The summed E-state index contributed by atoms with van der Waals surface area (Å²) in [5.41, 5.74) is 12.5. The van der Waals surface area contributed by atoms with Crippen LogP contribution in [-0.2, 0) is 11.3 Å². The van der Waals surface area contributed by atoms with Crippen molar-refractivity contribution < 1.29 is 9.53 Å². The number of amides is 1. The monoisotopic (exact) mass is 447 g/mol. The number of hydrazine groups is 1. The number of aromatic nitrogens is 2. The average Bonchev–Trinajstić information content (AvgIpc) is 3.48. The zero-order valence-electron chi connectivity index (χ0n) is 19.7. The van der Waals surface area contributed by atoms with Crippen molar-refractivity contribution in [2.45, 2.75) is 51.7 Å². The molecule has 0 bridgehead atoms. The van der Waals surface area contributed by atoms with Gasteiger partial charge in [0.1, 0.15) is 11.8 Å². The summed E-state index contributed by atoms with van der Waals surface area (Å²) in [6, 6.07) is 12.4. The van der Waals surface area contributed by atoms with Gasteiger partial charge >= 0.3 is 0 Å². The fourth-order valence-corrected chi connectivity index (χ4v) is 5.09. The number of carbonyl (C=O) groups is 1. The Morgan fingerprint density at radius 2 is 1.91 bits per heavy atom. The minimum Gasteiger partial charge on any atom is -0.497 e. The lowest BCUT2D eigenvalue weighted by molar-refractivity contribution is -0.134. The van der Waals surface area contributed by atoms with Crippen LogP contribution in [0.4, 0.5) is 0 Å². The van der Waals surface area contributed by atoms with E-state index in [1.807, 2.05) is 29.4 Å². The molecule has 2 saturated heterocycles. The van der Waals surface area contributed by atoms with Crippen molar-refractivity contribution in [3.8, 4) is 5.75 Å². The molecule has 3 aromatic rings. The molecular formula is C26H33N5O2. The predicted molar refractivity (Wildman–Crippen MR) is 129 cm³/mol. The molecule has 2 aromatic carbocycles. The third-order valence-electron chi connectivity index (χ3n) is 7.32. The highest BCUT2D eigenvalue weighted by Crippen LogP contribution is 2.28. The minimum atomic E-state index is -0.193. The largest absolute Gasteiger partial charge is 0.497 e. The highest BCUT2D eigenvalue weighted by molar-refractivity contribution is 5.82. The number of imidazole rings is 1. The Bertz CT molecular complexity index is 1150. The van der Waals surface area contributed by atoms with E-state index in [9.17, 15) is 4.79 Å². The van der Waals surface area contributed by atoms with E-state index < -0.39 is 0 Å². The van der Waals surface area contributed by atoms with Crippen molar-refractivity contribution in [2.24, 2.45) is 5.92 Å². The molecule has 1 amide bonds. The van der Waals surface area contributed by atoms with E-state index in [1.165, 1.54) is 16.6 Å². The van der Waals surface area contributed by atoms with Crippen LogP contribution < -0.4 is 15.6 Å². The predicted octanol–water partition coefficient (Wildman–Crippen LogP) is 3.51. The molecular weight excluding hydrogens is 414 g/mol. The summed E-state index contributed by atoms with van der Waals surface area (Å²) in [5.74, 6) is 1.60. The second kappa shape index (κ2) is 9.15. The number of hydrogen-bond donors (Lipinski definition) is 2. The smallest absolute Gasteiger partial charge is 0.241 e. The topological polar surface area (TPSA) is 71.4 Å². The number of fused-ring (bicyclic) bond motifs is 1. The summed E-state index contributed by atoms with van der Waals surface area (Å²) < 4.78 is 7.62. The summed E-state index contributed by atoms with van der Waals surface area (Å²) in [4.78, 5) is 19.8. The third-order valence-corrected chi connectivity index (χ3v) is 7.32. The molecule has 0 spiro atoms.